The monoisotopic (exact) mass is 198 g/mol. The van der Waals surface area contributed by atoms with Crippen LogP contribution in [0.3, 0.4) is 0 Å². The van der Waals surface area contributed by atoms with Gasteiger partial charge in [-0.25, -0.2) is 4.98 Å². The normalized spacial score (nSPS) is 23.7. The Hall–Kier alpha value is -0.610. The van der Waals surface area contributed by atoms with Crippen LogP contribution in [0, 0.1) is 0 Å². The van der Waals surface area contributed by atoms with E-state index in [2.05, 4.69) is 16.9 Å². The summed E-state index contributed by atoms with van der Waals surface area (Å²) in [5, 5.41) is 3.20. The number of likely N-dealkylation sites (N-methyl/N-ethyl adjacent to an activating group) is 1. The van der Waals surface area contributed by atoms with Crippen LogP contribution >= 0.6 is 11.3 Å². The molecule has 1 unspecified atom stereocenters. The molecule has 1 aliphatic heterocycles. The van der Waals surface area contributed by atoms with Gasteiger partial charge in [-0.2, -0.15) is 0 Å². The lowest BCUT2D eigenvalue weighted by atomic mass is 10.1. The molecule has 1 aromatic rings. The molecule has 0 aliphatic carbocycles. The largest absolute Gasteiger partial charge is 0.480 e. The van der Waals surface area contributed by atoms with E-state index in [1.807, 2.05) is 5.38 Å². The summed E-state index contributed by atoms with van der Waals surface area (Å²) >= 11 is 1.71. The Morgan fingerprint density at radius 2 is 2.54 bits per heavy atom. The van der Waals surface area contributed by atoms with Crippen molar-refractivity contribution in [3.05, 3.63) is 10.4 Å². The van der Waals surface area contributed by atoms with E-state index in [1.165, 1.54) is 18.0 Å². The lowest BCUT2D eigenvalue weighted by Gasteiger charge is -2.06. The van der Waals surface area contributed by atoms with Crippen LogP contribution in [0.5, 0.6) is 5.88 Å². The predicted molar refractivity (Wildman–Crippen MR) is 53.5 cm³/mol. The van der Waals surface area contributed by atoms with Crippen molar-refractivity contribution < 1.29 is 4.74 Å². The Morgan fingerprint density at radius 1 is 1.69 bits per heavy atom. The van der Waals surface area contributed by atoms with Crippen molar-refractivity contribution in [2.24, 2.45) is 0 Å². The van der Waals surface area contributed by atoms with Crippen LogP contribution in [0.25, 0.3) is 0 Å². The first-order valence-corrected chi connectivity index (χ1v) is 5.35. The van der Waals surface area contributed by atoms with E-state index in [0.29, 0.717) is 5.92 Å². The van der Waals surface area contributed by atoms with Crippen LogP contribution < -0.4 is 4.74 Å². The molecule has 1 fully saturated rings. The van der Waals surface area contributed by atoms with Crippen LogP contribution in [0.15, 0.2) is 5.38 Å². The molecule has 0 N–H and O–H groups in total. The first kappa shape index (κ1) is 8.97. The van der Waals surface area contributed by atoms with E-state index in [-0.39, 0.29) is 0 Å². The second kappa shape index (κ2) is 3.64. The molecule has 13 heavy (non-hydrogen) atoms. The molecule has 0 saturated carbocycles. The van der Waals surface area contributed by atoms with Gasteiger partial charge in [0, 0.05) is 12.5 Å². The highest BCUT2D eigenvalue weighted by atomic mass is 32.1. The molecule has 4 heteroatoms. The second-order valence-corrected chi connectivity index (χ2v) is 4.37. The second-order valence-electron chi connectivity index (χ2n) is 3.48. The zero-order valence-electron chi connectivity index (χ0n) is 7.99. The summed E-state index contributed by atoms with van der Waals surface area (Å²) in [4.78, 5) is 6.76. The van der Waals surface area contributed by atoms with E-state index in [9.17, 15) is 0 Å². The molecule has 0 radical (unpaired) electrons. The molecule has 2 heterocycles. The Labute approximate surface area is 82.3 Å². The average Bonchev–Trinajstić information content (AvgIpc) is 2.71. The fourth-order valence-electron chi connectivity index (χ4n) is 1.69. The van der Waals surface area contributed by atoms with Crippen molar-refractivity contribution in [2.45, 2.75) is 12.3 Å². The summed E-state index contributed by atoms with van der Waals surface area (Å²) in [5.41, 5.74) is 0. The fraction of sp³-hybridized carbons (Fsp3) is 0.667. The third-order valence-corrected chi connectivity index (χ3v) is 3.44. The van der Waals surface area contributed by atoms with Crippen molar-refractivity contribution >= 4 is 11.3 Å². The van der Waals surface area contributed by atoms with Crippen molar-refractivity contribution in [1.29, 1.82) is 0 Å². The maximum atomic E-state index is 5.07. The maximum absolute atomic E-state index is 5.07. The molecule has 3 nitrogen and oxygen atoms in total. The molecule has 0 bridgehead atoms. The number of likely N-dealkylation sites (tertiary alicyclic amines) is 1. The number of thiazole rings is 1. The molecule has 0 spiro atoms. The Kier molecular flexibility index (Phi) is 2.51. The quantitative estimate of drug-likeness (QED) is 0.721. The molecular formula is C9H14N2OS. The topological polar surface area (TPSA) is 25.4 Å². The van der Waals surface area contributed by atoms with Crippen molar-refractivity contribution in [3.63, 3.8) is 0 Å². The number of rotatable bonds is 2. The standard InChI is InChI=1S/C9H14N2OS/c1-11-4-3-7(5-11)9-10-8(12-2)6-13-9/h6-7H,3-5H2,1-2H3. The molecule has 2 rings (SSSR count). The zero-order chi connectivity index (χ0) is 9.26. The molecule has 0 amide bonds. The molecule has 1 atom stereocenters. The van der Waals surface area contributed by atoms with Gasteiger partial charge in [0.2, 0.25) is 5.88 Å². The summed E-state index contributed by atoms with van der Waals surface area (Å²) < 4.78 is 5.07. The van der Waals surface area contributed by atoms with Gasteiger partial charge in [0.25, 0.3) is 0 Å². The van der Waals surface area contributed by atoms with Crippen LogP contribution in [-0.4, -0.2) is 37.1 Å². The number of methoxy groups -OCH3 is 1. The highest BCUT2D eigenvalue weighted by molar-refractivity contribution is 7.09. The highest BCUT2D eigenvalue weighted by Crippen LogP contribution is 2.30. The van der Waals surface area contributed by atoms with Crippen molar-refractivity contribution in [2.75, 3.05) is 27.2 Å². The van der Waals surface area contributed by atoms with Gasteiger partial charge in [-0.1, -0.05) is 0 Å². The number of hydrogen-bond acceptors (Lipinski definition) is 4. The Bertz CT molecular complexity index is 287. The van der Waals surface area contributed by atoms with Gasteiger partial charge in [0.1, 0.15) is 5.01 Å². The summed E-state index contributed by atoms with van der Waals surface area (Å²) in [6, 6.07) is 0. The molecule has 1 aliphatic rings. The van der Waals surface area contributed by atoms with E-state index in [0.717, 1.165) is 12.4 Å². The summed E-state index contributed by atoms with van der Waals surface area (Å²) in [7, 11) is 3.82. The number of ether oxygens (including phenoxy) is 1. The van der Waals surface area contributed by atoms with Gasteiger partial charge in [-0.15, -0.1) is 11.3 Å². The molecule has 72 valence electrons. The minimum atomic E-state index is 0.624. The van der Waals surface area contributed by atoms with Gasteiger partial charge in [-0.05, 0) is 20.0 Å². The smallest absolute Gasteiger partial charge is 0.224 e. The minimum Gasteiger partial charge on any atom is -0.480 e. The summed E-state index contributed by atoms with van der Waals surface area (Å²) in [6.07, 6.45) is 1.23. The van der Waals surface area contributed by atoms with Crippen LogP contribution in [0.2, 0.25) is 0 Å². The van der Waals surface area contributed by atoms with Crippen LogP contribution in [0.1, 0.15) is 17.3 Å². The number of aromatic nitrogens is 1. The molecule has 1 aromatic heterocycles. The van der Waals surface area contributed by atoms with Gasteiger partial charge in [-0.3, -0.25) is 0 Å². The summed E-state index contributed by atoms with van der Waals surface area (Å²) in [5.74, 6) is 1.38. The van der Waals surface area contributed by atoms with Crippen molar-refractivity contribution in [3.8, 4) is 5.88 Å². The fourth-order valence-corrected chi connectivity index (χ4v) is 2.59. The minimum absolute atomic E-state index is 0.624. The third-order valence-electron chi connectivity index (χ3n) is 2.45. The van der Waals surface area contributed by atoms with Gasteiger partial charge in [0.15, 0.2) is 0 Å². The first-order chi connectivity index (χ1) is 6.29. The number of nitrogens with zero attached hydrogens (tertiary/aromatic N) is 2. The molecular weight excluding hydrogens is 184 g/mol. The zero-order valence-corrected chi connectivity index (χ0v) is 8.80. The van der Waals surface area contributed by atoms with Crippen LogP contribution in [0.4, 0.5) is 0 Å². The highest BCUT2D eigenvalue weighted by Gasteiger charge is 2.23. The van der Waals surface area contributed by atoms with E-state index in [4.69, 9.17) is 4.74 Å². The van der Waals surface area contributed by atoms with Gasteiger partial charge in [0.05, 0.1) is 12.5 Å². The lowest BCUT2D eigenvalue weighted by Crippen LogP contribution is -2.13. The lowest BCUT2D eigenvalue weighted by molar-refractivity contribution is 0.396. The van der Waals surface area contributed by atoms with Gasteiger partial charge >= 0.3 is 0 Å². The SMILES string of the molecule is COc1csc(C2CCN(C)C2)n1. The summed E-state index contributed by atoms with van der Waals surface area (Å²) in [6.45, 7) is 2.32. The third kappa shape index (κ3) is 1.84. The van der Waals surface area contributed by atoms with E-state index in [1.54, 1.807) is 18.4 Å². The first-order valence-electron chi connectivity index (χ1n) is 4.47. The van der Waals surface area contributed by atoms with E-state index >= 15 is 0 Å². The van der Waals surface area contributed by atoms with Gasteiger partial charge < -0.3 is 9.64 Å². The average molecular weight is 198 g/mol. The van der Waals surface area contributed by atoms with Crippen molar-refractivity contribution in [1.82, 2.24) is 9.88 Å². The molecule has 0 aromatic carbocycles. The number of hydrogen-bond donors (Lipinski definition) is 0. The Balaban J connectivity index is 2.08. The molecule has 1 saturated heterocycles. The predicted octanol–water partition coefficient (Wildman–Crippen LogP) is 1.57. The maximum Gasteiger partial charge on any atom is 0.224 e. The van der Waals surface area contributed by atoms with Crippen LogP contribution in [-0.2, 0) is 0 Å². The van der Waals surface area contributed by atoms with E-state index < -0.39 is 0 Å². The Morgan fingerprint density at radius 3 is 3.08 bits per heavy atom.